The Morgan fingerprint density at radius 1 is 1.35 bits per heavy atom. The first-order valence-electron chi connectivity index (χ1n) is 7.24. The van der Waals surface area contributed by atoms with Gasteiger partial charge in [0.15, 0.2) is 5.96 Å². The predicted octanol–water partition coefficient (Wildman–Crippen LogP) is 2.88. The summed E-state index contributed by atoms with van der Waals surface area (Å²) in [5.41, 5.74) is 1.17. The number of aromatic nitrogens is 1. The molecule has 0 radical (unpaired) electrons. The third-order valence-electron chi connectivity index (χ3n) is 2.82. The van der Waals surface area contributed by atoms with Crippen LogP contribution in [-0.2, 0) is 6.42 Å². The normalized spacial score (nSPS) is 11.8. The van der Waals surface area contributed by atoms with E-state index in [-0.39, 0.29) is 0 Å². The highest BCUT2D eigenvalue weighted by Gasteiger charge is 1.99. The second kappa shape index (κ2) is 9.59. The maximum atomic E-state index is 5.76. The summed E-state index contributed by atoms with van der Waals surface area (Å²) in [6, 6.07) is 3.82. The number of nitrogens with one attached hydrogen (secondary N) is 2. The van der Waals surface area contributed by atoms with Gasteiger partial charge in [-0.3, -0.25) is 4.99 Å². The standard InChI is InChI=1S/C15H25ClN4/c1-4-17-15(18-9-7-12(2)3)19-10-8-13-5-6-14(16)20-11-13/h5-6,11-12H,4,7-10H2,1-3H3,(H2,17,18,19). The van der Waals surface area contributed by atoms with E-state index in [2.05, 4.69) is 41.4 Å². The van der Waals surface area contributed by atoms with Crippen LogP contribution in [0.1, 0.15) is 32.8 Å². The van der Waals surface area contributed by atoms with E-state index in [4.69, 9.17) is 11.6 Å². The minimum absolute atomic E-state index is 0.533. The van der Waals surface area contributed by atoms with Gasteiger partial charge in [0.1, 0.15) is 5.15 Å². The van der Waals surface area contributed by atoms with Gasteiger partial charge in [0.25, 0.3) is 0 Å². The fourth-order valence-electron chi connectivity index (χ4n) is 1.66. The molecule has 0 bridgehead atoms. The average molecular weight is 297 g/mol. The van der Waals surface area contributed by atoms with Crippen molar-refractivity contribution in [2.45, 2.75) is 33.6 Å². The van der Waals surface area contributed by atoms with Gasteiger partial charge in [-0.25, -0.2) is 4.98 Å². The molecule has 0 saturated carbocycles. The van der Waals surface area contributed by atoms with Gasteiger partial charge in [0.2, 0.25) is 0 Å². The molecule has 4 nitrogen and oxygen atoms in total. The SMILES string of the molecule is CCNC(=NCCC(C)C)NCCc1ccc(Cl)nc1. The summed E-state index contributed by atoms with van der Waals surface area (Å²) in [5.74, 6) is 1.57. The van der Waals surface area contributed by atoms with Crippen LogP contribution in [0.2, 0.25) is 5.15 Å². The third kappa shape index (κ3) is 7.34. The van der Waals surface area contributed by atoms with Crippen LogP contribution >= 0.6 is 11.6 Å². The molecule has 0 aliphatic heterocycles. The molecular formula is C15H25ClN4. The lowest BCUT2D eigenvalue weighted by Crippen LogP contribution is -2.38. The van der Waals surface area contributed by atoms with Crippen LogP contribution < -0.4 is 10.6 Å². The highest BCUT2D eigenvalue weighted by molar-refractivity contribution is 6.29. The summed E-state index contributed by atoms with van der Waals surface area (Å²) < 4.78 is 0. The van der Waals surface area contributed by atoms with E-state index in [9.17, 15) is 0 Å². The van der Waals surface area contributed by atoms with Crippen molar-refractivity contribution in [3.8, 4) is 0 Å². The van der Waals surface area contributed by atoms with E-state index < -0.39 is 0 Å². The molecule has 0 saturated heterocycles. The van der Waals surface area contributed by atoms with Gasteiger partial charge in [0.05, 0.1) is 0 Å². The average Bonchev–Trinajstić information content (AvgIpc) is 2.40. The molecule has 0 fully saturated rings. The van der Waals surface area contributed by atoms with Crippen molar-refractivity contribution < 1.29 is 0 Å². The third-order valence-corrected chi connectivity index (χ3v) is 3.04. The monoisotopic (exact) mass is 296 g/mol. The predicted molar refractivity (Wildman–Crippen MR) is 86.4 cm³/mol. The van der Waals surface area contributed by atoms with E-state index in [0.717, 1.165) is 38.4 Å². The van der Waals surface area contributed by atoms with E-state index in [1.807, 2.05) is 18.3 Å². The molecule has 1 heterocycles. The molecule has 0 aromatic carbocycles. The molecular weight excluding hydrogens is 272 g/mol. The Hall–Kier alpha value is -1.29. The fourth-order valence-corrected chi connectivity index (χ4v) is 1.77. The van der Waals surface area contributed by atoms with Gasteiger partial charge >= 0.3 is 0 Å². The smallest absolute Gasteiger partial charge is 0.191 e. The summed E-state index contributed by atoms with van der Waals surface area (Å²) in [4.78, 5) is 8.63. The summed E-state index contributed by atoms with van der Waals surface area (Å²) in [6.07, 6.45) is 3.82. The first-order valence-corrected chi connectivity index (χ1v) is 7.62. The zero-order valence-electron chi connectivity index (χ0n) is 12.6. The number of hydrogen-bond donors (Lipinski definition) is 2. The highest BCUT2D eigenvalue weighted by atomic mass is 35.5. The Morgan fingerprint density at radius 3 is 2.75 bits per heavy atom. The minimum atomic E-state index is 0.533. The Bertz CT molecular complexity index is 401. The first-order chi connectivity index (χ1) is 9.61. The Balaban J connectivity index is 2.36. The van der Waals surface area contributed by atoms with E-state index in [0.29, 0.717) is 11.1 Å². The molecule has 0 amide bonds. The van der Waals surface area contributed by atoms with Crippen molar-refractivity contribution in [2.24, 2.45) is 10.9 Å². The lowest BCUT2D eigenvalue weighted by molar-refractivity contribution is 0.594. The first kappa shape index (κ1) is 16.8. The van der Waals surface area contributed by atoms with Crippen molar-refractivity contribution in [3.05, 3.63) is 29.0 Å². The van der Waals surface area contributed by atoms with E-state index in [1.165, 1.54) is 5.56 Å². The molecule has 112 valence electrons. The number of pyridine rings is 1. The number of rotatable bonds is 7. The van der Waals surface area contributed by atoms with Gasteiger partial charge < -0.3 is 10.6 Å². The Morgan fingerprint density at radius 2 is 2.15 bits per heavy atom. The highest BCUT2D eigenvalue weighted by Crippen LogP contribution is 2.05. The van der Waals surface area contributed by atoms with Crippen LogP contribution in [0.25, 0.3) is 0 Å². The van der Waals surface area contributed by atoms with Gasteiger partial charge in [-0.2, -0.15) is 0 Å². The summed E-state index contributed by atoms with van der Waals surface area (Å²) in [6.45, 7) is 9.05. The van der Waals surface area contributed by atoms with Crippen LogP contribution in [0.4, 0.5) is 0 Å². The number of aliphatic imine (C=N–C) groups is 1. The second-order valence-electron chi connectivity index (χ2n) is 5.11. The molecule has 5 heteroatoms. The fraction of sp³-hybridized carbons (Fsp3) is 0.600. The van der Waals surface area contributed by atoms with E-state index >= 15 is 0 Å². The van der Waals surface area contributed by atoms with Crippen LogP contribution in [0.5, 0.6) is 0 Å². The number of hydrogen-bond acceptors (Lipinski definition) is 2. The van der Waals surface area contributed by atoms with Crippen LogP contribution in [-0.4, -0.2) is 30.6 Å². The quantitative estimate of drug-likeness (QED) is 0.462. The summed E-state index contributed by atoms with van der Waals surface area (Å²) in [7, 11) is 0. The molecule has 0 unspecified atom stereocenters. The molecule has 2 N–H and O–H groups in total. The maximum Gasteiger partial charge on any atom is 0.191 e. The zero-order valence-corrected chi connectivity index (χ0v) is 13.4. The minimum Gasteiger partial charge on any atom is -0.357 e. The summed E-state index contributed by atoms with van der Waals surface area (Å²) >= 11 is 5.76. The molecule has 0 spiro atoms. The number of nitrogens with zero attached hydrogens (tertiary/aromatic N) is 2. The van der Waals surface area contributed by atoms with Crippen molar-refractivity contribution in [2.75, 3.05) is 19.6 Å². The van der Waals surface area contributed by atoms with Crippen molar-refractivity contribution in [1.29, 1.82) is 0 Å². The zero-order chi connectivity index (χ0) is 14.8. The van der Waals surface area contributed by atoms with Crippen LogP contribution in [0.3, 0.4) is 0 Å². The molecule has 1 aromatic heterocycles. The van der Waals surface area contributed by atoms with Crippen LogP contribution in [0, 0.1) is 5.92 Å². The molecule has 0 atom stereocenters. The van der Waals surface area contributed by atoms with E-state index in [1.54, 1.807) is 0 Å². The number of halogens is 1. The molecule has 1 rings (SSSR count). The topological polar surface area (TPSA) is 49.3 Å². The maximum absolute atomic E-state index is 5.76. The van der Waals surface area contributed by atoms with Gasteiger partial charge in [-0.15, -0.1) is 0 Å². The molecule has 20 heavy (non-hydrogen) atoms. The Kier molecular flexibility index (Phi) is 8.04. The van der Waals surface area contributed by atoms with Crippen molar-refractivity contribution in [3.63, 3.8) is 0 Å². The lowest BCUT2D eigenvalue weighted by Gasteiger charge is -2.11. The summed E-state index contributed by atoms with van der Waals surface area (Å²) in [5, 5.41) is 7.12. The molecule has 1 aromatic rings. The Labute approximate surface area is 127 Å². The molecule has 0 aliphatic carbocycles. The van der Waals surface area contributed by atoms with Crippen molar-refractivity contribution in [1.82, 2.24) is 15.6 Å². The van der Waals surface area contributed by atoms with Gasteiger partial charge in [0, 0.05) is 25.8 Å². The largest absolute Gasteiger partial charge is 0.357 e. The lowest BCUT2D eigenvalue weighted by atomic mass is 10.1. The molecule has 0 aliphatic rings. The second-order valence-corrected chi connectivity index (χ2v) is 5.50. The number of guanidine groups is 1. The van der Waals surface area contributed by atoms with Gasteiger partial charge in [-0.1, -0.05) is 31.5 Å². The van der Waals surface area contributed by atoms with Crippen LogP contribution in [0.15, 0.2) is 23.3 Å². The van der Waals surface area contributed by atoms with Crippen molar-refractivity contribution >= 4 is 17.6 Å². The van der Waals surface area contributed by atoms with Gasteiger partial charge in [-0.05, 0) is 37.3 Å².